The molecule has 1 fully saturated rings. The van der Waals surface area contributed by atoms with Crippen LogP contribution in [0.1, 0.15) is 13.3 Å². The zero-order chi connectivity index (χ0) is 9.84. The van der Waals surface area contributed by atoms with E-state index in [2.05, 4.69) is 4.90 Å². The van der Waals surface area contributed by atoms with Gasteiger partial charge in [0.25, 0.3) is 0 Å². The fourth-order valence-corrected chi connectivity index (χ4v) is 1.81. The van der Waals surface area contributed by atoms with Gasteiger partial charge in [0.05, 0.1) is 12.7 Å². The molecular formula is C9H20N2O2. The number of likely N-dealkylation sites (tertiary alicyclic amines) is 1. The highest BCUT2D eigenvalue weighted by atomic mass is 16.3. The molecule has 1 saturated heterocycles. The quantitative estimate of drug-likeness (QED) is 0.530. The van der Waals surface area contributed by atoms with Crippen molar-refractivity contribution < 1.29 is 10.2 Å². The monoisotopic (exact) mass is 188 g/mol. The van der Waals surface area contributed by atoms with Crippen molar-refractivity contribution in [2.24, 2.45) is 11.7 Å². The van der Waals surface area contributed by atoms with E-state index in [-0.39, 0.29) is 12.6 Å². The summed E-state index contributed by atoms with van der Waals surface area (Å²) in [6.45, 7) is 4.38. The molecule has 1 heterocycles. The Balaban J connectivity index is 2.25. The van der Waals surface area contributed by atoms with Gasteiger partial charge in [-0.25, -0.2) is 0 Å². The summed E-state index contributed by atoms with van der Waals surface area (Å²) in [5.41, 5.74) is 5.78. The van der Waals surface area contributed by atoms with Crippen molar-refractivity contribution >= 4 is 0 Å². The second-order valence-electron chi connectivity index (χ2n) is 4.00. The van der Waals surface area contributed by atoms with Crippen LogP contribution in [-0.2, 0) is 0 Å². The Morgan fingerprint density at radius 2 is 2.31 bits per heavy atom. The number of rotatable bonds is 4. The van der Waals surface area contributed by atoms with E-state index in [0.717, 1.165) is 19.5 Å². The molecule has 0 aromatic carbocycles. The Kier molecular flexibility index (Phi) is 4.12. The Bertz CT molecular complexity index is 153. The summed E-state index contributed by atoms with van der Waals surface area (Å²) < 4.78 is 0. The van der Waals surface area contributed by atoms with E-state index in [1.54, 1.807) is 0 Å². The molecular weight excluding hydrogens is 168 g/mol. The second kappa shape index (κ2) is 4.91. The predicted molar refractivity (Wildman–Crippen MR) is 51.3 cm³/mol. The average molecular weight is 188 g/mol. The van der Waals surface area contributed by atoms with Gasteiger partial charge in [0.2, 0.25) is 0 Å². The molecule has 3 atom stereocenters. The molecule has 3 unspecified atom stereocenters. The van der Waals surface area contributed by atoms with Crippen molar-refractivity contribution in [3.63, 3.8) is 0 Å². The summed E-state index contributed by atoms with van der Waals surface area (Å²) in [5, 5.41) is 17.9. The van der Waals surface area contributed by atoms with Gasteiger partial charge in [-0.15, -0.1) is 0 Å². The Hall–Kier alpha value is -0.160. The van der Waals surface area contributed by atoms with E-state index >= 15 is 0 Å². The van der Waals surface area contributed by atoms with Crippen LogP contribution >= 0.6 is 0 Å². The summed E-state index contributed by atoms with van der Waals surface area (Å²) in [7, 11) is 0. The van der Waals surface area contributed by atoms with Gasteiger partial charge < -0.3 is 20.8 Å². The van der Waals surface area contributed by atoms with E-state index in [4.69, 9.17) is 10.8 Å². The van der Waals surface area contributed by atoms with E-state index in [1.807, 2.05) is 6.92 Å². The minimum absolute atomic E-state index is 0.153. The zero-order valence-corrected chi connectivity index (χ0v) is 8.19. The summed E-state index contributed by atoms with van der Waals surface area (Å²) >= 11 is 0. The third-order valence-corrected chi connectivity index (χ3v) is 2.73. The van der Waals surface area contributed by atoms with Gasteiger partial charge in [0.15, 0.2) is 0 Å². The fourth-order valence-electron chi connectivity index (χ4n) is 1.81. The molecule has 1 aliphatic rings. The summed E-state index contributed by atoms with van der Waals surface area (Å²) in [6, 6.07) is 0.233. The van der Waals surface area contributed by atoms with Crippen LogP contribution in [0.15, 0.2) is 0 Å². The maximum Gasteiger partial charge on any atom is 0.0897 e. The topological polar surface area (TPSA) is 69.7 Å². The van der Waals surface area contributed by atoms with Gasteiger partial charge in [-0.05, 0) is 25.8 Å². The third-order valence-electron chi connectivity index (χ3n) is 2.73. The Labute approximate surface area is 79.3 Å². The Morgan fingerprint density at radius 3 is 2.77 bits per heavy atom. The van der Waals surface area contributed by atoms with Crippen LogP contribution < -0.4 is 5.73 Å². The fraction of sp³-hybridized carbons (Fsp3) is 1.00. The first kappa shape index (κ1) is 10.9. The van der Waals surface area contributed by atoms with Crippen molar-refractivity contribution in [2.75, 3.05) is 26.2 Å². The molecule has 4 nitrogen and oxygen atoms in total. The molecule has 0 amide bonds. The van der Waals surface area contributed by atoms with Crippen molar-refractivity contribution in [1.29, 1.82) is 0 Å². The van der Waals surface area contributed by atoms with Gasteiger partial charge >= 0.3 is 0 Å². The normalized spacial score (nSPS) is 29.1. The van der Waals surface area contributed by atoms with E-state index in [9.17, 15) is 5.11 Å². The molecule has 1 aliphatic heterocycles. The first-order chi connectivity index (χ1) is 6.13. The zero-order valence-electron chi connectivity index (χ0n) is 8.19. The molecule has 4 N–H and O–H groups in total. The molecule has 0 saturated carbocycles. The average Bonchev–Trinajstić information content (AvgIpc) is 2.52. The molecule has 4 heteroatoms. The third kappa shape index (κ3) is 3.23. The second-order valence-corrected chi connectivity index (χ2v) is 4.00. The number of β-amino-alcohol motifs (C(OH)–C–C–N with tert-alkyl or cyclic N) is 1. The van der Waals surface area contributed by atoms with Crippen molar-refractivity contribution in [3.05, 3.63) is 0 Å². The van der Waals surface area contributed by atoms with Crippen LogP contribution in [0, 0.1) is 5.92 Å². The van der Waals surface area contributed by atoms with E-state index in [1.165, 1.54) is 0 Å². The van der Waals surface area contributed by atoms with Crippen LogP contribution in [0.2, 0.25) is 0 Å². The molecule has 0 spiro atoms. The lowest BCUT2D eigenvalue weighted by molar-refractivity contribution is 0.0648. The highest BCUT2D eigenvalue weighted by Crippen LogP contribution is 2.18. The van der Waals surface area contributed by atoms with Gasteiger partial charge in [0, 0.05) is 19.1 Å². The number of aliphatic hydroxyl groups is 2. The number of hydrogen-bond donors (Lipinski definition) is 3. The van der Waals surface area contributed by atoms with Crippen molar-refractivity contribution in [1.82, 2.24) is 4.90 Å². The summed E-state index contributed by atoms with van der Waals surface area (Å²) in [6.07, 6.45) is 0.502. The van der Waals surface area contributed by atoms with Crippen molar-refractivity contribution in [2.45, 2.75) is 25.5 Å². The van der Waals surface area contributed by atoms with Crippen LogP contribution in [0.25, 0.3) is 0 Å². The summed E-state index contributed by atoms with van der Waals surface area (Å²) in [5.74, 6) is 0.547. The molecule has 0 aliphatic carbocycles. The Morgan fingerprint density at radius 1 is 1.62 bits per heavy atom. The standard InChI is InChI=1S/C9H20N2O2/c1-7(10)8-2-3-11(4-8)5-9(13)6-12/h7-9,12-13H,2-6,10H2,1H3. The lowest BCUT2D eigenvalue weighted by atomic mass is 10.0. The number of hydrogen-bond acceptors (Lipinski definition) is 4. The smallest absolute Gasteiger partial charge is 0.0897 e. The van der Waals surface area contributed by atoms with Gasteiger partial charge in [-0.2, -0.15) is 0 Å². The maximum absolute atomic E-state index is 9.22. The molecule has 0 bridgehead atoms. The number of aliphatic hydroxyl groups excluding tert-OH is 2. The van der Waals surface area contributed by atoms with E-state index in [0.29, 0.717) is 12.5 Å². The first-order valence-electron chi connectivity index (χ1n) is 4.90. The molecule has 1 rings (SSSR count). The molecule has 0 radical (unpaired) electrons. The summed E-state index contributed by atoms with van der Waals surface area (Å²) in [4.78, 5) is 2.16. The molecule has 0 aromatic rings. The van der Waals surface area contributed by atoms with E-state index < -0.39 is 6.10 Å². The van der Waals surface area contributed by atoms with Gasteiger partial charge in [-0.1, -0.05) is 0 Å². The molecule has 78 valence electrons. The minimum atomic E-state index is -0.605. The highest BCUT2D eigenvalue weighted by molar-refractivity contribution is 4.81. The number of nitrogens with two attached hydrogens (primary N) is 1. The largest absolute Gasteiger partial charge is 0.394 e. The van der Waals surface area contributed by atoms with Crippen LogP contribution in [0.5, 0.6) is 0 Å². The van der Waals surface area contributed by atoms with Gasteiger partial charge in [-0.3, -0.25) is 0 Å². The van der Waals surface area contributed by atoms with Crippen LogP contribution in [-0.4, -0.2) is 53.5 Å². The predicted octanol–water partition coefficient (Wildman–Crippen LogP) is -0.991. The maximum atomic E-state index is 9.22. The minimum Gasteiger partial charge on any atom is -0.394 e. The first-order valence-corrected chi connectivity index (χ1v) is 4.90. The molecule has 0 aromatic heterocycles. The van der Waals surface area contributed by atoms with Gasteiger partial charge in [0.1, 0.15) is 0 Å². The SMILES string of the molecule is CC(N)C1CCN(CC(O)CO)C1. The van der Waals surface area contributed by atoms with Crippen LogP contribution in [0.3, 0.4) is 0 Å². The highest BCUT2D eigenvalue weighted by Gasteiger charge is 2.25. The van der Waals surface area contributed by atoms with Crippen LogP contribution in [0.4, 0.5) is 0 Å². The lowest BCUT2D eigenvalue weighted by Gasteiger charge is -2.19. The molecule has 13 heavy (non-hydrogen) atoms. The lowest BCUT2D eigenvalue weighted by Crippen LogP contribution is -2.35. The van der Waals surface area contributed by atoms with Crippen molar-refractivity contribution in [3.8, 4) is 0 Å². The number of nitrogens with zero attached hydrogens (tertiary/aromatic N) is 1.